The van der Waals surface area contributed by atoms with E-state index < -0.39 is 55.0 Å². The predicted molar refractivity (Wildman–Crippen MR) is 79.3 cm³/mol. The van der Waals surface area contributed by atoms with Crippen LogP contribution in [0.3, 0.4) is 0 Å². The van der Waals surface area contributed by atoms with Crippen LogP contribution in [0.1, 0.15) is 13.3 Å². The van der Waals surface area contributed by atoms with Crippen LogP contribution in [0.15, 0.2) is 12.7 Å². The third kappa shape index (κ3) is 5.57. The van der Waals surface area contributed by atoms with E-state index in [0.29, 0.717) is 0 Å². The van der Waals surface area contributed by atoms with Crippen LogP contribution in [0.25, 0.3) is 0 Å². The number of aliphatic hydroxyl groups is 3. The molecule has 0 bridgehead atoms. The Kier molecular flexibility index (Phi) is 7.79. The van der Waals surface area contributed by atoms with Crippen molar-refractivity contribution in [2.45, 2.75) is 43.9 Å². The van der Waals surface area contributed by atoms with Crippen molar-refractivity contribution in [2.75, 3.05) is 13.2 Å². The second-order valence-electron chi connectivity index (χ2n) is 5.17. The first-order chi connectivity index (χ1) is 11.3. The van der Waals surface area contributed by atoms with Crippen LogP contribution in [0, 0.1) is 0 Å². The van der Waals surface area contributed by atoms with Crippen molar-refractivity contribution in [1.29, 1.82) is 0 Å². The quantitative estimate of drug-likeness (QED) is 0.244. The highest BCUT2D eigenvalue weighted by Gasteiger charge is 2.45. The summed E-state index contributed by atoms with van der Waals surface area (Å²) in [4.78, 5) is 34.0. The van der Waals surface area contributed by atoms with Crippen LogP contribution >= 0.6 is 0 Å². The number of hydrogen-bond acceptors (Lipinski definition) is 8. The average molecular weight is 346 g/mol. The molecule has 0 aromatic rings. The predicted octanol–water partition coefficient (Wildman–Crippen LogP) is -2.83. The number of nitrogens with one attached hydrogen (secondary N) is 2. The maximum atomic E-state index is 11.9. The fourth-order valence-corrected chi connectivity index (χ4v) is 2.17. The molecule has 0 aromatic heterocycles. The lowest BCUT2D eigenvalue weighted by atomic mass is 9.96. The van der Waals surface area contributed by atoms with Crippen molar-refractivity contribution >= 4 is 17.8 Å². The fraction of sp³-hybridized carbons (Fsp3) is 0.643. The van der Waals surface area contributed by atoms with Crippen molar-refractivity contribution < 1.29 is 39.2 Å². The van der Waals surface area contributed by atoms with Crippen LogP contribution < -0.4 is 10.6 Å². The van der Waals surface area contributed by atoms with Gasteiger partial charge in [0.2, 0.25) is 11.8 Å². The minimum Gasteiger partial charge on any atom is -0.462 e. The molecule has 4 unspecified atom stereocenters. The molecule has 24 heavy (non-hydrogen) atoms. The Bertz CT molecular complexity index is 483. The molecule has 0 spiro atoms. The first-order valence-electron chi connectivity index (χ1n) is 7.28. The average Bonchev–Trinajstić information content (AvgIpc) is 2.53. The van der Waals surface area contributed by atoms with Gasteiger partial charge in [0, 0.05) is 13.0 Å². The first-order valence-corrected chi connectivity index (χ1v) is 7.28. The molecule has 0 aromatic carbocycles. The summed E-state index contributed by atoms with van der Waals surface area (Å²) in [7, 11) is 0. The van der Waals surface area contributed by atoms with Crippen molar-refractivity contribution in [3.8, 4) is 0 Å². The molecule has 5 atom stereocenters. The Morgan fingerprint density at radius 2 is 1.92 bits per heavy atom. The number of amides is 2. The Morgan fingerprint density at radius 1 is 1.25 bits per heavy atom. The Morgan fingerprint density at radius 3 is 2.46 bits per heavy atom. The van der Waals surface area contributed by atoms with Gasteiger partial charge in [0.25, 0.3) is 0 Å². The van der Waals surface area contributed by atoms with Gasteiger partial charge in [0.05, 0.1) is 13.0 Å². The molecule has 0 radical (unpaired) electrons. The lowest BCUT2D eigenvalue weighted by Gasteiger charge is -2.42. The lowest BCUT2D eigenvalue weighted by Crippen LogP contribution is -2.68. The van der Waals surface area contributed by atoms with Gasteiger partial charge in [-0.3, -0.25) is 9.59 Å². The van der Waals surface area contributed by atoms with Gasteiger partial charge < -0.3 is 35.4 Å². The van der Waals surface area contributed by atoms with Crippen molar-refractivity contribution in [2.24, 2.45) is 0 Å². The van der Waals surface area contributed by atoms with Gasteiger partial charge in [-0.05, 0) is 0 Å². The number of esters is 1. The molecule has 1 fully saturated rings. The van der Waals surface area contributed by atoms with Crippen LogP contribution in [0.4, 0.5) is 0 Å². The molecule has 0 saturated carbocycles. The van der Waals surface area contributed by atoms with E-state index in [-0.39, 0.29) is 13.0 Å². The highest BCUT2D eigenvalue weighted by Crippen LogP contribution is 2.20. The second-order valence-corrected chi connectivity index (χ2v) is 5.17. The van der Waals surface area contributed by atoms with Crippen LogP contribution in [0.2, 0.25) is 0 Å². The summed E-state index contributed by atoms with van der Waals surface area (Å²) in [5, 5.41) is 33.8. The van der Waals surface area contributed by atoms with Gasteiger partial charge in [-0.2, -0.15) is 0 Å². The summed E-state index contributed by atoms with van der Waals surface area (Å²) < 4.78 is 9.99. The Balaban J connectivity index is 2.68. The van der Waals surface area contributed by atoms with Gasteiger partial charge in [-0.1, -0.05) is 6.58 Å². The molecule has 2 amide bonds. The third-order valence-corrected chi connectivity index (χ3v) is 3.34. The number of rotatable bonds is 7. The number of carbonyl (C=O) groups excluding carboxylic acids is 3. The summed E-state index contributed by atoms with van der Waals surface area (Å²) >= 11 is 0. The van der Waals surface area contributed by atoms with Crippen LogP contribution in [-0.4, -0.2) is 76.9 Å². The smallest absolute Gasteiger partial charge is 0.330 e. The molecule has 1 heterocycles. The molecular weight excluding hydrogens is 324 g/mol. The number of ether oxygens (including phenoxy) is 2. The monoisotopic (exact) mass is 346 g/mol. The Labute approximate surface area is 138 Å². The molecule has 10 nitrogen and oxygen atoms in total. The summed E-state index contributed by atoms with van der Waals surface area (Å²) in [6, 6.07) is -1.11. The second kappa shape index (κ2) is 9.33. The van der Waals surface area contributed by atoms with Crippen LogP contribution in [0.5, 0.6) is 0 Å². The third-order valence-electron chi connectivity index (χ3n) is 3.34. The van der Waals surface area contributed by atoms with Gasteiger partial charge in [0.1, 0.15) is 31.0 Å². The number of carbonyl (C=O) groups is 3. The van der Waals surface area contributed by atoms with Crippen molar-refractivity contribution in [3.05, 3.63) is 12.7 Å². The number of hydrogen-bond donors (Lipinski definition) is 5. The molecule has 1 aliphatic rings. The standard InChI is InChI=1S/C14H22N2O8/c1-3-10(20)23-5-4-9(19)16-14-11(15-7(2)18)13(22)12(21)8(6-17)24-14/h3,8,11-14,17,21-22H,1,4-6H2,2H3,(H,15,18)(H,16,19)/t8?,11?,12-,13?,14?/m1/s1. The summed E-state index contributed by atoms with van der Waals surface area (Å²) in [6.45, 7) is 3.63. The lowest BCUT2D eigenvalue weighted by molar-refractivity contribution is -0.203. The molecule has 10 heteroatoms. The summed E-state index contributed by atoms with van der Waals surface area (Å²) in [5.74, 6) is -1.75. The van der Waals surface area contributed by atoms with E-state index in [4.69, 9.17) is 9.84 Å². The first kappa shape index (κ1) is 20.0. The molecular formula is C14H22N2O8. The molecule has 5 N–H and O–H groups in total. The zero-order valence-corrected chi connectivity index (χ0v) is 13.2. The summed E-state index contributed by atoms with van der Waals surface area (Å²) in [5.41, 5.74) is 0. The van der Waals surface area contributed by atoms with Gasteiger partial charge >= 0.3 is 5.97 Å². The highest BCUT2D eigenvalue weighted by molar-refractivity contribution is 5.82. The van der Waals surface area contributed by atoms with Crippen molar-refractivity contribution in [1.82, 2.24) is 10.6 Å². The van der Waals surface area contributed by atoms with E-state index in [9.17, 15) is 24.6 Å². The Hall–Kier alpha value is -2.01. The number of aliphatic hydroxyl groups excluding tert-OH is 3. The minimum absolute atomic E-state index is 0.186. The van der Waals surface area contributed by atoms with Gasteiger partial charge in [0.15, 0.2) is 6.23 Å². The molecule has 1 saturated heterocycles. The normalized spacial score (nSPS) is 29.4. The van der Waals surface area contributed by atoms with E-state index in [2.05, 4.69) is 21.9 Å². The maximum Gasteiger partial charge on any atom is 0.330 e. The van der Waals surface area contributed by atoms with E-state index in [1.807, 2.05) is 0 Å². The van der Waals surface area contributed by atoms with E-state index in [0.717, 1.165) is 6.08 Å². The molecule has 1 rings (SSSR count). The SMILES string of the molecule is C=CC(=O)OCCC(=O)NC1OC(CO)[C@@H](O)C(O)C1NC(C)=O. The fourth-order valence-electron chi connectivity index (χ4n) is 2.17. The molecule has 1 aliphatic heterocycles. The zero-order chi connectivity index (χ0) is 18.3. The maximum absolute atomic E-state index is 11.9. The van der Waals surface area contributed by atoms with Gasteiger partial charge in [-0.25, -0.2) is 4.79 Å². The topological polar surface area (TPSA) is 154 Å². The van der Waals surface area contributed by atoms with Gasteiger partial charge in [-0.15, -0.1) is 0 Å². The van der Waals surface area contributed by atoms with Crippen LogP contribution in [-0.2, 0) is 23.9 Å². The van der Waals surface area contributed by atoms with Crippen molar-refractivity contribution in [3.63, 3.8) is 0 Å². The molecule has 0 aliphatic carbocycles. The summed E-state index contributed by atoms with van der Waals surface area (Å²) in [6.07, 6.45) is -4.43. The largest absolute Gasteiger partial charge is 0.462 e. The van der Waals surface area contributed by atoms with E-state index in [1.165, 1.54) is 6.92 Å². The highest BCUT2D eigenvalue weighted by atomic mass is 16.5. The minimum atomic E-state index is -1.45. The van der Waals surface area contributed by atoms with E-state index in [1.54, 1.807) is 0 Å². The molecule has 136 valence electrons. The zero-order valence-electron chi connectivity index (χ0n) is 13.2. The van der Waals surface area contributed by atoms with E-state index >= 15 is 0 Å².